The van der Waals surface area contributed by atoms with E-state index in [0.717, 1.165) is 32.7 Å². The minimum Gasteiger partial charge on any atom is -0.321 e. The van der Waals surface area contributed by atoms with Crippen molar-refractivity contribution >= 4 is 33.6 Å². The maximum atomic E-state index is 12.5. The van der Waals surface area contributed by atoms with Crippen LogP contribution >= 0.6 is 15.9 Å². The van der Waals surface area contributed by atoms with E-state index in [1.54, 1.807) is 18.2 Å². The first kappa shape index (κ1) is 19.7. The Morgan fingerprint density at radius 2 is 1.82 bits per heavy atom. The van der Waals surface area contributed by atoms with Crippen LogP contribution in [0.15, 0.2) is 64.6 Å². The molecule has 0 spiro atoms. The Balaban J connectivity index is 1.96. The van der Waals surface area contributed by atoms with E-state index in [2.05, 4.69) is 31.9 Å². The summed E-state index contributed by atoms with van der Waals surface area (Å²) in [5.74, 6) is -0.419. The second-order valence-electron chi connectivity index (χ2n) is 6.59. The lowest BCUT2D eigenvalue weighted by Crippen LogP contribution is -2.13. The number of anilines is 1. The van der Waals surface area contributed by atoms with Crippen molar-refractivity contribution in [1.29, 1.82) is 5.26 Å². The number of hydrogen-bond acceptors (Lipinski definition) is 2. The third kappa shape index (κ3) is 4.08. The van der Waals surface area contributed by atoms with Gasteiger partial charge >= 0.3 is 0 Å². The molecule has 0 saturated carbocycles. The van der Waals surface area contributed by atoms with Gasteiger partial charge in [0.15, 0.2) is 0 Å². The zero-order valence-electron chi connectivity index (χ0n) is 16.0. The first-order valence-electron chi connectivity index (χ1n) is 8.84. The molecular weight excluding hydrogens is 414 g/mol. The molecule has 0 atom stereocenters. The van der Waals surface area contributed by atoms with Crippen LogP contribution in [0.3, 0.4) is 0 Å². The molecule has 0 radical (unpaired) electrons. The van der Waals surface area contributed by atoms with Gasteiger partial charge < -0.3 is 9.88 Å². The van der Waals surface area contributed by atoms with E-state index in [4.69, 9.17) is 0 Å². The Morgan fingerprint density at radius 1 is 1.11 bits per heavy atom. The molecule has 1 N–H and O–H groups in total. The molecule has 1 amide bonds. The van der Waals surface area contributed by atoms with Crippen LogP contribution in [-0.2, 0) is 4.79 Å². The summed E-state index contributed by atoms with van der Waals surface area (Å²) in [5.41, 5.74) is 5.76. The average Bonchev–Trinajstić information content (AvgIpc) is 2.96. The fraction of sp³-hybridized carbons (Fsp3) is 0.130. The Kier molecular flexibility index (Phi) is 5.81. The van der Waals surface area contributed by atoms with Crippen LogP contribution in [0.4, 0.5) is 5.69 Å². The van der Waals surface area contributed by atoms with Crippen molar-refractivity contribution in [3.05, 3.63) is 87.2 Å². The van der Waals surface area contributed by atoms with Gasteiger partial charge in [0.25, 0.3) is 5.91 Å². The standard InChI is InChI=1S/C23H20BrN3O/c1-15-11-21(9-10-22(15)24)27-16(2)12-18(17(27)3)13-19(14-25)23(28)26-20-7-5-4-6-8-20/h4-13H,1-3H3,(H,26,28). The first-order chi connectivity index (χ1) is 13.4. The first-order valence-corrected chi connectivity index (χ1v) is 9.63. The summed E-state index contributed by atoms with van der Waals surface area (Å²) in [5, 5.41) is 12.3. The normalized spacial score (nSPS) is 11.2. The van der Waals surface area contributed by atoms with Gasteiger partial charge in [-0.15, -0.1) is 0 Å². The van der Waals surface area contributed by atoms with Crippen molar-refractivity contribution < 1.29 is 4.79 Å². The maximum Gasteiger partial charge on any atom is 0.266 e. The molecule has 0 aliphatic heterocycles. The van der Waals surface area contributed by atoms with Crippen molar-refractivity contribution in [2.75, 3.05) is 5.32 Å². The summed E-state index contributed by atoms with van der Waals surface area (Å²) >= 11 is 3.53. The number of nitrogens with zero attached hydrogens (tertiary/aromatic N) is 2. The number of aryl methyl sites for hydroxylation is 2. The molecule has 0 aliphatic rings. The van der Waals surface area contributed by atoms with E-state index in [1.165, 1.54) is 0 Å². The smallest absolute Gasteiger partial charge is 0.266 e. The van der Waals surface area contributed by atoms with Crippen LogP contribution < -0.4 is 5.32 Å². The topological polar surface area (TPSA) is 57.8 Å². The highest BCUT2D eigenvalue weighted by atomic mass is 79.9. The molecule has 0 unspecified atom stereocenters. The second kappa shape index (κ2) is 8.28. The maximum absolute atomic E-state index is 12.5. The Bertz CT molecular complexity index is 1100. The van der Waals surface area contributed by atoms with Gasteiger partial charge in [-0.1, -0.05) is 34.1 Å². The van der Waals surface area contributed by atoms with Crippen molar-refractivity contribution in [1.82, 2.24) is 4.57 Å². The lowest BCUT2D eigenvalue weighted by atomic mass is 10.1. The molecule has 0 bridgehead atoms. The zero-order valence-corrected chi connectivity index (χ0v) is 17.5. The van der Waals surface area contributed by atoms with E-state index < -0.39 is 5.91 Å². The summed E-state index contributed by atoms with van der Waals surface area (Å²) in [6, 6.07) is 19.3. The predicted octanol–water partition coefficient (Wildman–Crippen LogP) is 5.71. The van der Waals surface area contributed by atoms with Gasteiger partial charge in [-0.05, 0) is 74.4 Å². The minimum absolute atomic E-state index is 0.0658. The molecule has 0 fully saturated rings. The number of aromatic nitrogens is 1. The van der Waals surface area contributed by atoms with Gasteiger partial charge in [-0.2, -0.15) is 5.26 Å². The monoisotopic (exact) mass is 433 g/mol. The van der Waals surface area contributed by atoms with Crippen LogP contribution in [0.2, 0.25) is 0 Å². The van der Waals surface area contributed by atoms with Gasteiger partial charge in [-0.3, -0.25) is 4.79 Å². The Hall–Kier alpha value is -3.10. The van der Waals surface area contributed by atoms with Crippen molar-refractivity contribution in [3.8, 4) is 11.8 Å². The van der Waals surface area contributed by atoms with Gasteiger partial charge in [-0.25, -0.2) is 0 Å². The van der Waals surface area contributed by atoms with E-state index in [1.807, 2.05) is 63.2 Å². The summed E-state index contributed by atoms with van der Waals surface area (Å²) in [6.07, 6.45) is 1.64. The number of halogens is 1. The molecule has 1 aromatic heterocycles. The molecule has 3 rings (SSSR count). The number of hydrogen-bond donors (Lipinski definition) is 1. The van der Waals surface area contributed by atoms with E-state index in [9.17, 15) is 10.1 Å². The number of rotatable bonds is 4. The molecule has 140 valence electrons. The Labute approximate surface area is 173 Å². The molecule has 3 aromatic rings. The van der Waals surface area contributed by atoms with E-state index in [0.29, 0.717) is 5.69 Å². The third-order valence-electron chi connectivity index (χ3n) is 4.57. The van der Waals surface area contributed by atoms with Gasteiger partial charge in [0, 0.05) is 27.2 Å². The number of carbonyl (C=O) groups is 1. The van der Waals surface area contributed by atoms with Gasteiger partial charge in [0.2, 0.25) is 0 Å². The number of para-hydroxylation sites is 1. The number of amides is 1. The van der Waals surface area contributed by atoms with Gasteiger partial charge in [0.1, 0.15) is 11.6 Å². The quantitative estimate of drug-likeness (QED) is 0.422. The molecule has 0 aliphatic carbocycles. The SMILES string of the molecule is Cc1cc(-n2c(C)cc(C=C(C#N)C(=O)Nc3ccccc3)c2C)ccc1Br. The molecular formula is C23H20BrN3O. The molecule has 5 heteroatoms. The van der Waals surface area contributed by atoms with Crippen LogP contribution in [0.1, 0.15) is 22.5 Å². The largest absolute Gasteiger partial charge is 0.321 e. The number of benzene rings is 2. The third-order valence-corrected chi connectivity index (χ3v) is 5.46. The summed E-state index contributed by atoms with van der Waals surface area (Å²) < 4.78 is 3.18. The fourth-order valence-corrected chi connectivity index (χ4v) is 3.37. The van der Waals surface area contributed by atoms with Crippen LogP contribution in [0, 0.1) is 32.1 Å². The molecule has 28 heavy (non-hydrogen) atoms. The molecule has 0 saturated heterocycles. The minimum atomic E-state index is -0.419. The summed E-state index contributed by atoms with van der Waals surface area (Å²) in [6.45, 7) is 6.04. The van der Waals surface area contributed by atoms with Crippen LogP contribution in [-0.4, -0.2) is 10.5 Å². The average molecular weight is 434 g/mol. The summed E-state index contributed by atoms with van der Waals surface area (Å²) in [7, 11) is 0. The number of nitriles is 1. The lowest BCUT2D eigenvalue weighted by molar-refractivity contribution is -0.112. The van der Waals surface area contributed by atoms with Crippen molar-refractivity contribution in [3.63, 3.8) is 0 Å². The van der Waals surface area contributed by atoms with Crippen molar-refractivity contribution in [2.45, 2.75) is 20.8 Å². The number of carbonyl (C=O) groups excluding carboxylic acids is 1. The highest BCUT2D eigenvalue weighted by molar-refractivity contribution is 9.10. The van der Waals surface area contributed by atoms with E-state index in [-0.39, 0.29) is 5.57 Å². The molecule has 4 nitrogen and oxygen atoms in total. The highest BCUT2D eigenvalue weighted by Gasteiger charge is 2.14. The van der Waals surface area contributed by atoms with Crippen LogP contribution in [0.25, 0.3) is 11.8 Å². The lowest BCUT2D eigenvalue weighted by Gasteiger charge is -2.11. The van der Waals surface area contributed by atoms with Crippen molar-refractivity contribution in [2.24, 2.45) is 0 Å². The van der Waals surface area contributed by atoms with Gasteiger partial charge in [0.05, 0.1) is 0 Å². The number of nitrogens with one attached hydrogen (secondary N) is 1. The summed E-state index contributed by atoms with van der Waals surface area (Å²) in [4.78, 5) is 12.5. The second-order valence-corrected chi connectivity index (χ2v) is 7.44. The zero-order chi connectivity index (χ0) is 20.3. The van der Waals surface area contributed by atoms with Crippen LogP contribution in [0.5, 0.6) is 0 Å². The Morgan fingerprint density at radius 3 is 2.46 bits per heavy atom. The highest BCUT2D eigenvalue weighted by Crippen LogP contribution is 2.26. The fourth-order valence-electron chi connectivity index (χ4n) is 3.12. The van der Waals surface area contributed by atoms with E-state index >= 15 is 0 Å². The molecule has 2 aromatic carbocycles. The predicted molar refractivity (Wildman–Crippen MR) is 116 cm³/mol. The molecule has 1 heterocycles.